The van der Waals surface area contributed by atoms with Gasteiger partial charge in [-0.3, -0.25) is 4.79 Å². The largest absolute Gasteiger partial charge is 0.444 e. The summed E-state index contributed by atoms with van der Waals surface area (Å²) in [5.41, 5.74) is 0.154. The summed E-state index contributed by atoms with van der Waals surface area (Å²) in [6.45, 7) is 4.86. The van der Waals surface area contributed by atoms with Gasteiger partial charge in [0.2, 0.25) is 5.91 Å². The van der Waals surface area contributed by atoms with Crippen molar-refractivity contribution in [2.45, 2.75) is 38.5 Å². The number of thiophene rings is 1. The van der Waals surface area contributed by atoms with Crippen molar-refractivity contribution in [3.63, 3.8) is 0 Å². The van der Waals surface area contributed by atoms with Crippen molar-refractivity contribution in [2.75, 3.05) is 6.54 Å². The molecular formula is C14H19N3O5S. The van der Waals surface area contributed by atoms with Crippen molar-refractivity contribution in [2.24, 2.45) is 5.16 Å². The van der Waals surface area contributed by atoms with Crippen LogP contribution in [0.2, 0.25) is 0 Å². The van der Waals surface area contributed by atoms with Crippen molar-refractivity contribution >= 4 is 29.0 Å². The molecule has 1 heterocycles. The highest BCUT2D eigenvalue weighted by molar-refractivity contribution is 7.12. The van der Waals surface area contributed by atoms with Crippen LogP contribution < -0.4 is 10.6 Å². The Bertz CT molecular complexity index is 635. The van der Waals surface area contributed by atoms with Crippen LogP contribution in [0.4, 0.5) is 4.79 Å². The summed E-state index contributed by atoms with van der Waals surface area (Å²) in [6.07, 6.45) is -1.83. The Hall–Kier alpha value is -2.13. The first kappa shape index (κ1) is 17.2. The van der Waals surface area contributed by atoms with Crippen molar-refractivity contribution in [3.05, 3.63) is 21.9 Å². The van der Waals surface area contributed by atoms with Crippen LogP contribution in [0, 0.1) is 0 Å². The molecule has 126 valence electrons. The predicted octanol–water partition coefficient (Wildman–Crippen LogP) is 0.983. The average Bonchev–Trinajstić information content (AvgIpc) is 2.98. The summed E-state index contributed by atoms with van der Waals surface area (Å²) < 4.78 is 5.03. The molecule has 8 nitrogen and oxygen atoms in total. The Morgan fingerprint density at radius 1 is 1.43 bits per heavy atom. The SMILES string of the molecule is CC(C)(C)OC(=O)NCC(=O)NC1c2ccsc2C(=NO)[C@H]1O. The lowest BCUT2D eigenvalue weighted by Gasteiger charge is -2.20. The number of hydrogen-bond acceptors (Lipinski definition) is 7. The van der Waals surface area contributed by atoms with Crippen LogP contribution in [-0.2, 0) is 9.53 Å². The zero-order chi connectivity index (χ0) is 17.2. The van der Waals surface area contributed by atoms with Crippen molar-refractivity contribution in [3.8, 4) is 0 Å². The van der Waals surface area contributed by atoms with Crippen LogP contribution in [-0.4, -0.2) is 46.3 Å². The molecular weight excluding hydrogens is 322 g/mol. The van der Waals surface area contributed by atoms with E-state index < -0.39 is 29.7 Å². The second-order valence-electron chi connectivity index (χ2n) is 6.04. The van der Waals surface area contributed by atoms with Crippen LogP contribution in [0.3, 0.4) is 0 Å². The van der Waals surface area contributed by atoms with Gasteiger partial charge >= 0.3 is 6.09 Å². The van der Waals surface area contributed by atoms with E-state index >= 15 is 0 Å². The number of alkyl carbamates (subject to hydrolysis) is 1. The summed E-state index contributed by atoms with van der Waals surface area (Å²) in [7, 11) is 0. The first-order valence-corrected chi connectivity index (χ1v) is 7.85. The molecule has 1 aliphatic carbocycles. The maximum atomic E-state index is 11.9. The van der Waals surface area contributed by atoms with E-state index in [0.29, 0.717) is 10.4 Å². The van der Waals surface area contributed by atoms with Crippen molar-refractivity contribution in [1.29, 1.82) is 0 Å². The summed E-state index contributed by atoms with van der Waals surface area (Å²) in [5, 5.41) is 28.9. The summed E-state index contributed by atoms with van der Waals surface area (Å²) in [5.74, 6) is -0.490. The van der Waals surface area contributed by atoms with Crippen LogP contribution in [0.25, 0.3) is 0 Å². The number of carbonyl (C=O) groups is 2. The Balaban J connectivity index is 1.93. The number of rotatable bonds is 3. The third-order valence-electron chi connectivity index (χ3n) is 3.08. The molecule has 9 heteroatoms. The van der Waals surface area contributed by atoms with Gasteiger partial charge in [0.25, 0.3) is 0 Å². The molecule has 1 aromatic heterocycles. The summed E-state index contributed by atoms with van der Waals surface area (Å²) in [4.78, 5) is 24.1. The Morgan fingerprint density at radius 2 is 2.13 bits per heavy atom. The maximum Gasteiger partial charge on any atom is 0.408 e. The second kappa shape index (κ2) is 6.55. The van der Waals surface area contributed by atoms with Gasteiger partial charge in [-0.15, -0.1) is 11.3 Å². The highest BCUT2D eigenvalue weighted by Crippen LogP contribution is 2.35. The molecule has 2 atom stereocenters. The number of ether oxygens (including phenoxy) is 1. The third kappa shape index (κ3) is 3.99. The molecule has 0 saturated carbocycles. The van der Waals surface area contributed by atoms with E-state index in [-0.39, 0.29) is 12.3 Å². The fraction of sp³-hybridized carbons (Fsp3) is 0.500. The average molecular weight is 341 g/mol. The smallest absolute Gasteiger partial charge is 0.408 e. The van der Waals surface area contributed by atoms with Gasteiger partial charge in [0.1, 0.15) is 24.0 Å². The van der Waals surface area contributed by atoms with Crippen LogP contribution in [0.15, 0.2) is 16.6 Å². The number of aliphatic hydroxyl groups is 1. The quantitative estimate of drug-likeness (QED) is 0.482. The standard InChI is InChI=1S/C14H19N3O5S/c1-14(2,3)22-13(20)15-6-8(18)16-9-7-4-5-23-12(7)10(17-21)11(9)19/h4-5,9,11,19,21H,6H2,1-3H3,(H,15,20)(H,16,18)/t9?,11-/m0/s1. The molecule has 4 N–H and O–H groups in total. The van der Waals surface area contributed by atoms with E-state index in [1.807, 2.05) is 0 Å². The van der Waals surface area contributed by atoms with Crippen molar-refractivity contribution < 1.29 is 24.6 Å². The third-order valence-corrected chi connectivity index (χ3v) is 4.03. The maximum absolute atomic E-state index is 11.9. The number of hydrogen-bond donors (Lipinski definition) is 4. The van der Waals surface area contributed by atoms with E-state index in [1.54, 1.807) is 32.2 Å². The minimum absolute atomic E-state index is 0.125. The van der Waals surface area contributed by atoms with Gasteiger partial charge in [0, 0.05) is 0 Å². The molecule has 1 aromatic rings. The van der Waals surface area contributed by atoms with E-state index in [4.69, 9.17) is 9.94 Å². The molecule has 2 rings (SSSR count). The lowest BCUT2D eigenvalue weighted by atomic mass is 10.1. The Kier molecular flexibility index (Phi) is 4.90. The highest BCUT2D eigenvalue weighted by Gasteiger charge is 2.39. The van der Waals surface area contributed by atoms with E-state index in [9.17, 15) is 14.7 Å². The number of aliphatic hydroxyl groups excluding tert-OH is 1. The van der Waals surface area contributed by atoms with Gasteiger partial charge in [-0.05, 0) is 37.8 Å². The molecule has 0 saturated heterocycles. The first-order valence-electron chi connectivity index (χ1n) is 6.97. The lowest BCUT2D eigenvalue weighted by Crippen LogP contribution is -2.43. The number of nitrogens with one attached hydrogen (secondary N) is 2. The number of fused-ring (bicyclic) bond motifs is 1. The Labute approximate surface area is 137 Å². The first-order chi connectivity index (χ1) is 10.7. The van der Waals surface area contributed by atoms with Gasteiger partial charge in [0.05, 0.1) is 10.9 Å². The normalized spacial score (nSPS) is 21.8. The molecule has 23 heavy (non-hydrogen) atoms. The molecule has 1 unspecified atom stereocenters. The molecule has 0 radical (unpaired) electrons. The zero-order valence-corrected chi connectivity index (χ0v) is 13.8. The molecule has 0 spiro atoms. The van der Waals surface area contributed by atoms with Crippen molar-refractivity contribution in [1.82, 2.24) is 10.6 Å². The number of nitrogens with zero attached hydrogens (tertiary/aromatic N) is 1. The predicted molar refractivity (Wildman–Crippen MR) is 83.8 cm³/mol. The topological polar surface area (TPSA) is 120 Å². The molecule has 0 aromatic carbocycles. The highest BCUT2D eigenvalue weighted by atomic mass is 32.1. The van der Waals surface area contributed by atoms with Crippen LogP contribution >= 0.6 is 11.3 Å². The molecule has 0 aliphatic heterocycles. The summed E-state index contributed by atoms with van der Waals surface area (Å²) >= 11 is 1.31. The molecule has 1 aliphatic rings. The van der Waals surface area contributed by atoms with Gasteiger partial charge in [-0.1, -0.05) is 5.16 Å². The van der Waals surface area contributed by atoms with E-state index in [0.717, 1.165) is 0 Å². The molecule has 2 amide bonds. The van der Waals surface area contributed by atoms with Gasteiger partial charge in [-0.25, -0.2) is 4.79 Å². The fourth-order valence-corrected chi connectivity index (χ4v) is 3.15. The molecule has 0 fully saturated rings. The van der Waals surface area contributed by atoms with Crippen LogP contribution in [0.1, 0.15) is 37.3 Å². The van der Waals surface area contributed by atoms with Crippen LogP contribution in [0.5, 0.6) is 0 Å². The Morgan fingerprint density at radius 3 is 2.74 bits per heavy atom. The molecule has 0 bridgehead atoms. The fourth-order valence-electron chi connectivity index (χ4n) is 2.19. The number of oxime groups is 1. The van der Waals surface area contributed by atoms with E-state index in [1.165, 1.54) is 11.3 Å². The van der Waals surface area contributed by atoms with Gasteiger partial charge in [0.15, 0.2) is 0 Å². The lowest BCUT2D eigenvalue weighted by molar-refractivity contribution is -0.121. The monoisotopic (exact) mass is 341 g/mol. The van der Waals surface area contributed by atoms with Gasteiger partial charge in [-0.2, -0.15) is 0 Å². The minimum Gasteiger partial charge on any atom is -0.444 e. The van der Waals surface area contributed by atoms with E-state index in [2.05, 4.69) is 15.8 Å². The summed E-state index contributed by atoms with van der Waals surface area (Å²) in [6, 6.07) is 1.03. The minimum atomic E-state index is -1.13. The zero-order valence-electron chi connectivity index (χ0n) is 13.0. The number of carbonyl (C=O) groups excluding carboxylic acids is 2. The number of amides is 2. The second-order valence-corrected chi connectivity index (χ2v) is 6.95. The van der Waals surface area contributed by atoms with Gasteiger partial charge < -0.3 is 25.7 Å².